The van der Waals surface area contributed by atoms with Gasteiger partial charge in [0.2, 0.25) is 0 Å². The van der Waals surface area contributed by atoms with Gasteiger partial charge in [0.15, 0.2) is 0 Å². The quantitative estimate of drug-likeness (QED) is 0.750. The topological polar surface area (TPSA) is 27.0 Å². The molecule has 0 aromatic heterocycles. The molecule has 0 aliphatic carbocycles. The molecule has 0 saturated carbocycles. The van der Waals surface area contributed by atoms with Gasteiger partial charge in [0.1, 0.15) is 0 Å². The average molecular weight is 244 g/mol. The zero-order chi connectivity index (χ0) is 13.5. The molecule has 0 aliphatic heterocycles. The largest absolute Gasteiger partial charge is 0.373 e. The van der Waals surface area contributed by atoms with Gasteiger partial charge in [0.05, 0.1) is 12.0 Å². The van der Waals surface area contributed by atoms with Crippen LogP contribution in [0, 0.1) is 17.2 Å². The molecule has 1 rings (SSSR count). The minimum atomic E-state index is 0.115. The molecule has 0 heterocycles. The van der Waals surface area contributed by atoms with Gasteiger partial charge in [0, 0.05) is 19.3 Å². The summed E-state index contributed by atoms with van der Waals surface area (Å²) in [5, 5.41) is 8.99. The van der Waals surface area contributed by atoms with Crippen molar-refractivity contribution in [3.63, 3.8) is 0 Å². The third-order valence-corrected chi connectivity index (χ3v) is 3.68. The lowest BCUT2D eigenvalue weighted by Gasteiger charge is -2.22. The van der Waals surface area contributed by atoms with Crippen molar-refractivity contribution in [2.24, 2.45) is 5.92 Å². The van der Waals surface area contributed by atoms with Crippen LogP contribution < -0.4 is 4.90 Å². The van der Waals surface area contributed by atoms with Crippen LogP contribution in [0.3, 0.4) is 0 Å². The second-order valence-electron chi connectivity index (χ2n) is 5.02. The molecule has 1 aromatic carbocycles. The predicted molar refractivity (Wildman–Crippen MR) is 77.8 cm³/mol. The van der Waals surface area contributed by atoms with Crippen LogP contribution in [0.5, 0.6) is 0 Å². The summed E-state index contributed by atoms with van der Waals surface area (Å²) < 4.78 is 0. The molecule has 18 heavy (non-hydrogen) atoms. The molecule has 0 spiro atoms. The van der Waals surface area contributed by atoms with E-state index >= 15 is 0 Å². The van der Waals surface area contributed by atoms with Crippen LogP contribution in [0.4, 0.5) is 5.69 Å². The number of rotatable bonds is 6. The van der Waals surface area contributed by atoms with Gasteiger partial charge in [-0.2, -0.15) is 5.26 Å². The van der Waals surface area contributed by atoms with Crippen molar-refractivity contribution in [2.75, 3.05) is 18.5 Å². The van der Waals surface area contributed by atoms with Crippen molar-refractivity contribution in [3.8, 4) is 6.07 Å². The van der Waals surface area contributed by atoms with Gasteiger partial charge in [-0.25, -0.2) is 0 Å². The summed E-state index contributed by atoms with van der Waals surface area (Å²) in [5.41, 5.74) is 2.58. The smallest absolute Gasteiger partial charge is 0.0674 e. The lowest BCUT2D eigenvalue weighted by Crippen LogP contribution is -2.24. The van der Waals surface area contributed by atoms with Crippen LogP contribution in [0.2, 0.25) is 0 Å². The lowest BCUT2D eigenvalue weighted by molar-refractivity contribution is 0.631. The second kappa shape index (κ2) is 7.06. The molecule has 0 bridgehead atoms. The maximum atomic E-state index is 8.99. The summed E-state index contributed by atoms with van der Waals surface area (Å²) in [6.45, 7) is 7.33. The third-order valence-electron chi connectivity index (χ3n) is 3.68. The zero-order valence-corrected chi connectivity index (χ0v) is 12.0. The molecule has 0 N–H and O–H groups in total. The van der Waals surface area contributed by atoms with E-state index in [0.717, 1.165) is 13.0 Å². The van der Waals surface area contributed by atoms with Gasteiger partial charge < -0.3 is 4.90 Å². The van der Waals surface area contributed by atoms with Gasteiger partial charge >= 0.3 is 0 Å². The fourth-order valence-electron chi connectivity index (χ4n) is 1.99. The first-order valence-electron chi connectivity index (χ1n) is 6.83. The number of hydrogen-bond acceptors (Lipinski definition) is 2. The maximum Gasteiger partial charge on any atom is 0.0674 e. The number of hydrogen-bond donors (Lipinski definition) is 0. The van der Waals surface area contributed by atoms with Gasteiger partial charge in [0.25, 0.3) is 0 Å². The first-order chi connectivity index (χ1) is 8.62. The summed E-state index contributed by atoms with van der Waals surface area (Å²) in [7, 11) is 2.05. The number of nitrogens with zero attached hydrogens (tertiary/aromatic N) is 2. The van der Waals surface area contributed by atoms with Crippen LogP contribution in [-0.4, -0.2) is 13.6 Å². The molecular formula is C16H24N2. The summed E-state index contributed by atoms with van der Waals surface area (Å²) in [5.74, 6) is 0.732. The normalized spacial score (nSPS) is 13.7. The van der Waals surface area contributed by atoms with Crippen LogP contribution in [0.15, 0.2) is 24.3 Å². The van der Waals surface area contributed by atoms with Crippen LogP contribution in [0.1, 0.15) is 45.1 Å². The highest BCUT2D eigenvalue weighted by Crippen LogP contribution is 2.22. The molecule has 2 nitrogen and oxygen atoms in total. The van der Waals surface area contributed by atoms with Crippen molar-refractivity contribution in [1.82, 2.24) is 0 Å². The second-order valence-corrected chi connectivity index (χ2v) is 5.02. The third kappa shape index (κ3) is 3.77. The summed E-state index contributed by atoms with van der Waals surface area (Å²) in [6.07, 6.45) is 2.08. The Morgan fingerprint density at radius 2 is 1.78 bits per heavy atom. The maximum absolute atomic E-state index is 8.99. The molecule has 2 unspecified atom stereocenters. The number of anilines is 1. The van der Waals surface area contributed by atoms with E-state index in [1.807, 2.05) is 0 Å². The van der Waals surface area contributed by atoms with Gasteiger partial charge in [-0.3, -0.25) is 0 Å². The Balaban J connectivity index is 2.70. The minimum Gasteiger partial charge on any atom is -0.373 e. The number of nitriles is 1. The molecule has 0 saturated heterocycles. The minimum absolute atomic E-state index is 0.115. The Bertz CT molecular complexity index is 389. The first kappa shape index (κ1) is 14.6. The van der Waals surface area contributed by atoms with Crippen LogP contribution in [0.25, 0.3) is 0 Å². The van der Waals surface area contributed by atoms with Crippen molar-refractivity contribution >= 4 is 5.69 Å². The molecule has 2 atom stereocenters. The van der Waals surface area contributed by atoms with Crippen molar-refractivity contribution < 1.29 is 0 Å². The molecule has 1 aromatic rings. The monoisotopic (exact) mass is 244 g/mol. The van der Waals surface area contributed by atoms with E-state index in [1.165, 1.54) is 17.7 Å². The molecule has 98 valence electrons. The van der Waals surface area contributed by atoms with Crippen LogP contribution in [-0.2, 0) is 0 Å². The summed E-state index contributed by atoms with van der Waals surface area (Å²) in [4.78, 5) is 2.16. The van der Waals surface area contributed by atoms with E-state index in [9.17, 15) is 0 Å². The lowest BCUT2D eigenvalue weighted by atomic mass is 9.98. The highest BCUT2D eigenvalue weighted by molar-refractivity contribution is 5.47. The fourth-order valence-corrected chi connectivity index (χ4v) is 1.99. The first-order valence-corrected chi connectivity index (χ1v) is 6.83. The van der Waals surface area contributed by atoms with Crippen molar-refractivity contribution in [3.05, 3.63) is 29.8 Å². The molecule has 0 radical (unpaired) electrons. The predicted octanol–water partition coefficient (Wildman–Crippen LogP) is 4.19. The van der Waals surface area contributed by atoms with Gasteiger partial charge in [-0.05, 0) is 36.5 Å². The Morgan fingerprint density at radius 3 is 2.22 bits per heavy atom. The molecule has 0 fully saturated rings. The molecule has 0 amide bonds. The molecule has 0 aliphatic rings. The van der Waals surface area contributed by atoms with Crippen molar-refractivity contribution in [1.29, 1.82) is 5.26 Å². The molecular weight excluding hydrogens is 220 g/mol. The highest BCUT2D eigenvalue weighted by Gasteiger charge is 2.09. The van der Waals surface area contributed by atoms with Gasteiger partial charge in [-0.15, -0.1) is 0 Å². The van der Waals surface area contributed by atoms with E-state index in [0.29, 0.717) is 5.92 Å². The Kier molecular flexibility index (Phi) is 5.71. The Labute approximate surface area is 111 Å². The SMILES string of the molecule is CCC(C#N)CN(C)c1ccc(C(C)CC)cc1. The average Bonchev–Trinajstić information content (AvgIpc) is 2.43. The number of benzene rings is 1. The standard InChI is InChI=1S/C16H24N2/c1-5-13(3)15-7-9-16(10-8-15)18(4)12-14(6-2)11-17/h7-10,13-14H,5-6,12H2,1-4H3. The van der Waals surface area contributed by atoms with Crippen molar-refractivity contribution in [2.45, 2.75) is 39.5 Å². The summed E-state index contributed by atoms with van der Waals surface area (Å²) >= 11 is 0. The van der Waals surface area contributed by atoms with E-state index in [4.69, 9.17) is 5.26 Å². The molecule has 2 heteroatoms. The van der Waals surface area contributed by atoms with E-state index in [-0.39, 0.29) is 5.92 Å². The highest BCUT2D eigenvalue weighted by atomic mass is 15.1. The zero-order valence-electron chi connectivity index (χ0n) is 12.0. The van der Waals surface area contributed by atoms with Crippen LogP contribution >= 0.6 is 0 Å². The Hall–Kier alpha value is -1.49. The fraction of sp³-hybridized carbons (Fsp3) is 0.562. The van der Waals surface area contributed by atoms with Gasteiger partial charge in [-0.1, -0.05) is 32.9 Å². The van der Waals surface area contributed by atoms with E-state index in [2.05, 4.69) is 63.1 Å². The van der Waals surface area contributed by atoms with E-state index in [1.54, 1.807) is 0 Å². The summed E-state index contributed by atoms with van der Waals surface area (Å²) in [6, 6.07) is 11.1. The van der Waals surface area contributed by atoms with E-state index < -0.39 is 0 Å². The Morgan fingerprint density at radius 1 is 1.17 bits per heavy atom.